The van der Waals surface area contributed by atoms with Crippen LogP contribution in [0, 0.1) is 11.2 Å². The molecule has 0 aliphatic carbocycles. The van der Waals surface area contributed by atoms with E-state index in [4.69, 9.17) is 17.3 Å². The summed E-state index contributed by atoms with van der Waals surface area (Å²) in [6, 6.07) is 8.62. The number of nitrogens with one attached hydrogen (secondary N) is 1. The van der Waals surface area contributed by atoms with Gasteiger partial charge >= 0.3 is 6.18 Å². The summed E-state index contributed by atoms with van der Waals surface area (Å²) >= 11 is 6.24. The lowest BCUT2D eigenvalue weighted by atomic mass is 9.95. The Balaban J connectivity index is 2.00. The SMILES string of the molecule is CC(C)(C)C(=O)NCc1ccc(Cl)c(-c2cc(-c3ccc(C(F)(F)F)cc3)nc(N)n2)c1F. The van der Waals surface area contributed by atoms with E-state index in [1.165, 1.54) is 30.3 Å². The van der Waals surface area contributed by atoms with Crippen LogP contribution >= 0.6 is 11.6 Å². The third kappa shape index (κ3) is 5.60. The molecule has 2 aromatic carbocycles. The first-order valence-corrected chi connectivity index (χ1v) is 10.2. The van der Waals surface area contributed by atoms with Gasteiger partial charge < -0.3 is 11.1 Å². The third-order valence-corrected chi connectivity index (χ3v) is 5.11. The number of nitrogens with zero attached hydrogens (tertiary/aromatic N) is 2. The first-order valence-electron chi connectivity index (χ1n) is 9.85. The normalized spacial score (nSPS) is 12.0. The van der Waals surface area contributed by atoms with Crippen molar-refractivity contribution in [3.8, 4) is 22.5 Å². The lowest BCUT2D eigenvalue weighted by Gasteiger charge is -2.18. The maximum Gasteiger partial charge on any atom is 0.416 e. The Labute approximate surface area is 193 Å². The molecule has 0 bridgehead atoms. The van der Waals surface area contributed by atoms with Crippen LogP contribution in [-0.4, -0.2) is 15.9 Å². The number of amides is 1. The molecule has 0 saturated carbocycles. The molecule has 0 atom stereocenters. The number of hydrogen-bond acceptors (Lipinski definition) is 4. The van der Waals surface area contributed by atoms with E-state index < -0.39 is 23.0 Å². The zero-order valence-electron chi connectivity index (χ0n) is 18.0. The van der Waals surface area contributed by atoms with Crippen LogP contribution in [0.3, 0.4) is 0 Å². The number of anilines is 1. The van der Waals surface area contributed by atoms with E-state index in [-0.39, 0.29) is 45.9 Å². The van der Waals surface area contributed by atoms with Gasteiger partial charge in [0.25, 0.3) is 0 Å². The van der Waals surface area contributed by atoms with E-state index in [0.717, 1.165) is 12.1 Å². The number of carbonyl (C=O) groups is 1. The molecule has 1 aromatic heterocycles. The second kappa shape index (κ2) is 8.97. The van der Waals surface area contributed by atoms with Crippen LogP contribution in [0.25, 0.3) is 22.5 Å². The first-order chi connectivity index (χ1) is 15.3. The fraction of sp³-hybridized carbons (Fsp3) is 0.261. The van der Waals surface area contributed by atoms with Gasteiger partial charge in [-0.05, 0) is 24.3 Å². The van der Waals surface area contributed by atoms with E-state index in [9.17, 15) is 18.0 Å². The number of carbonyl (C=O) groups excluding carboxylic acids is 1. The summed E-state index contributed by atoms with van der Waals surface area (Å²) < 4.78 is 53.9. The third-order valence-electron chi connectivity index (χ3n) is 4.80. The van der Waals surface area contributed by atoms with Gasteiger partial charge in [0.15, 0.2) is 0 Å². The van der Waals surface area contributed by atoms with Gasteiger partial charge in [0, 0.05) is 23.1 Å². The van der Waals surface area contributed by atoms with Crippen molar-refractivity contribution in [1.29, 1.82) is 0 Å². The summed E-state index contributed by atoms with van der Waals surface area (Å²) in [6.07, 6.45) is -4.48. The second-order valence-corrected chi connectivity index (χ2v) is 8.81. The molecule has 0 unspecified atom stereocenters. The summed E-state index contributed by atoms with van der Waals surface area (Å²) in [6.45, 7) is 5.13. The van der Waals surface area contributed by atoms with Gasteiger partial charge in [0.1, 0.15) is 5.82 Å². The minimum absolute atomic E-state index is 0.0508. The van der Waals surface area contributed by atoms with E-state index in [2.05, 4.69) is 15.3 Å². The summed E-state index contributed by atoms with van der Waals surface area (Å²) in [5, 5.41) is 2.72. The number of benzene rings is 2. The molecule has 0 radical (unpaired) electrons. The topological polar surface area (TPSA) is 80.9 Å². The number of aromatic nitrogens is 2. The largest absolute Gasteiger partial charge is 0.416 e. The van der Waals surface area contributed by atoms with Gasteiger partial charge in [-0.2, -0.15) is 13.2 Å². The number of nitrogen functional groups attached to an aromatic ring is 1. The molecule has 0 spiro atoms. The molecule has 0 aliphatic heterocycles. The molecule has 3 rings (SSSR count). The molecule has 3 aromatic rings. The Bertz CT molecular complexity index is 1190. The van der Waals surface area contributed by atoms with E-state index in [1.54, 1.807) is 20.8 Å². The van der Waals surface area contributed by atoms with Gasteiger partial charge in [-0.15, -0.1) is 0 Å². The fourth-order valence-electron chi connectivity index (χ4n) is 2.98. The number of rotatable bonds is 4. The summed E-state index contributed by atoms with van der Waals surface area (Å²) in [5.41, 5.74) is 5.06. The number of halogens is 5. The predicted molar refractivity (Wildman–Crippen MR) is 119 cm³/mol. The molecule has 10 heteroatoms. The zero-order valence-corrected chi connectivity index (χ0v) is 18.8. The van der Waals surface area contributed by atoms with Crippen LogP contribution in [0.15, 0.2) is 42.5 Å². The average Bonchev–Trinajstić information content (AvgIpc) is 2.71. The van der Waals surface area contributed by atoms with Crippen LogP contribution in [0.1, 0.15) is 31.9 Å². The highest BCUT2D eigenvalue weighted by atomic mass is 35.5. The molecule has 1 amide bonds. The predicted octanol–water partition coefficient (Wildman–Crippen LogP) is 5.87. The lowest BCUT2D eigenvalue weighted by Crippen LogP contribution is -2.34. The maximum atomic E-state index is 15.4. The van der Waals surface area contributed by atoms with Crippen molar-refractivity contribution in [3.05, 3.63) is 64.4 Å². The van der Waals surface area contributed by atoms with Crippen molar-refractivity contribution in [3.63, 3.8) is 0 Å². The van der Waals surface area contributed by atoms with Crippen molar-refractivity contribution in [2.75, 3.05) is 5.73 Å². The number of alkyl halides is 3. The van der Waals surface area contributed by atoms with Crippen molar-refractivity contribution in [1.82, 2.24) is 15.3 Å². The molecule has 0 saturated heterocycles. The molecule has 1 heterocycles. The highest BCUT2D eigenvalue weighted by Crippen LogP contribution is 2.35. The van der Waals surface area contributed by atoms with E-state index >= 15 is 4.39 Å². The first kappa shape index (κ1) is 24.4. The van der Waals surface area contributed by atoms with Crippen molar-refractivity contribution in [2.45, 2.75) is 33.5 Å². The maximum absolute atomic E-state index is 15.4. The highest BCUT2D eigenvalue weighted by Gasteiger charge is 2.30. The number of hydrogen-bond donors (Lipinski definition) is 2. The molecule has 5 nitrogen and oxygen atoms in total. The zero-order chi connectivity index (χ0) is 24.6. The van der Waals surface area contributed by atoms with Crippen LogP contribution in [0.2, 0.25) is 5.02 Å². The van der Waals surface area contributed by atoms with Crippen molar-refractivity contribution >= 4 is 23.5 Å². The van der Waals surface area contributed by atoms with Gasteiger partial charge in [-0.1, -0.05) is 50.6 Å². The van der Waals surface area contributed by atoms with E-state index in [1.807, 2.05) is 0 Å². The van der Waals surface area contributed by atoms with Gasteiger partial charge in [-0.25, -0.2) is 14.4 Å². The quantitative estimate of drug-likeness (QED) is 0.458. The monoisotopic (exact) mass is 480 g/mol. The highest BCUT2D eigenvalue weighted by molar-refractivity contribution is 6.33. The molecule has 33 heavy (non-hydrogen) atoms. The molecular formula is C23H21ClF4N4O. The van der Waals surface area contributed by atoms with Crippen LogP contribution in [0.4, 0.5) is 23.5 Å². The van der Waals surface area contributed by atoms with Crippen LogP contribution < -0.4 is 11.1 Å². The van der Waals surface area contributed by atoms with Crippen LogP contribution in [0.5, 0.6) is 0 Å². The Morgan fingerprint density at radius 1 is 1.03 bits per heavy atom. The minimum Gasteiger partial charge on any atom is -0.368 e. The second-order valence-electron chi connectivity index (χ2n) is 8.40. The Morgan fingerprint density at radius 2 is 1.64 bits per heavy atom. The van der Waals surface area contributed by atoms with Crippen molar-refractivity contribution in [2.24, 2.45) is 5.41 Å². The summed E-state index contributed by atoms with van der Waals surface area (Å²) in [5.74, 6) is -1.16. The smallest absolute Gasteiger partial charge is 0.368 e. The lowest BCUT2D eigenvalue weighted by molar-refractivity contribution is -0.137. The van der Waals surface area contributed by atoms with Gasteiger partial charge in [-0.3, -0.25) is 4.79 Å². The Hall–Kier alpha value is -3.20. The minimum atomic E-state index is -4.48. The molecule has 174 valence electrons. The molecule has 0 aliphatic rings. The number of nitrogens with two attached hydrogens (primary N) is 1. The Morgan fingerprint density at radius 3 is 2.21 bits per heavy atom. The van der Waals surface area contributed by atoms with Gasteiger partial charge in [0.05, 0.1) is 27.5 Å². The molecule has 0 fully saturated rings. The molecule has 3 N–H and O–H groups in total. The molecular weight excluding hydrogens is 460 g/mol. The average molecular weight is 481 g/mol. The standard InChI is InChI=1S/C23H21ClF4N4O/c1-22(2,3)20(33)30-11-13-6-9-15(24)18(19(13)25)17-10-16(31-21(29)32-17)12-4-7-14(8-5-12)23(26,27)28/h4-10H,11H2,1-3H3,(H,30,33)(H2,29,31,32). The van der Waals surface area contributed by atoms with Crippen LogP contribution in [-0.2, 0) is 17.5 Å². The fourth-order valence-corrected chi connectivity index (χ4v) is 3.22. The van der Waals surface area contributed by atoms with Crippen molar-refractivity contribution < 1.29 is 22.4 Å². The van der Waals surface area contributed by atoms with Gasteiger partial charge in [0.2, 0.25) is 11.9 Å². The summed E-state index contributed by atoms with van der Waals surface area (Å²) in [4.78, 5) is 20.2. The summed E-state index contributed by atoms with van der Waals surface area (Å²) in [7, 11) is 0. The van der Waals surface area contributed by atoms with E-state index in [0.29, 0.717) is 5.56 Å². The Kier molecular flexibility index (Phi) is 6.65.